The van der Waals surface area contributed by atoms with E-state index in [9.17, 15) is 9.90 Å². The third kappa shape index (κ3) is 2.57. The molecule has 1 saturated heterocycles. The summed E-state index contributed by atoms with van der Waals surface area (Å²) in [5, 5.41) is 14.6. The van der Waals surface area contributed by atoms with Crippen molar-refractivity contribution in [2.24, 2.45) is 7.05 Å². The van der Waals surface area contributed by atoms with Crippen LogP contribution in [-0.2, 0) is 7.05 Å². The van der Waals surface area contributed by atoms with E-state index in [0.717, 1.165) is 42.7 Å². The Balaban J connectivity index is 2.12. The second kappa shape index (κ2) is 5.71. The molecule has 0 aromatic carbocycles. The second-order valence-electron chi connectivity index (χ2n) is 5.59. The van der Waals surface area contributed by atoms with Crippen molar-refractivity contribution in [2.45, 2.75) is 32.1 Å². The Kier molecular flexibility index (Phi) is 3.77. The van der Waals surface area contributed by atoms with Crippen molar-refractivity contribution in [3.63, 3.8) is 0 Å². The molecule has 0 saturated carbocycles. The van der Waals surface area contributed by atoms with E-state index in [0.29, 0.717) is 0 Å². The molecule has 0 amide bonds. The maximum atomic E-state index is 11.6. The summed E-state index contributed by atoms with van der Waals surface area (Å²) in [6.45, 7) is 1.79. The summed E-state index contributed by atoms with van der Waals surface area (Å²) in [5.41, 5.74) is 1.79. The van der Waals surface area contributed by atoms with E-state index in [1.165, 1.54) is 25.5 Å². The molecule has 0 atom stereocenters. The normalized spacial score (nSPS) is 16.7. The minimum atomic E-state index is -0.926. The third-order valence-electron chi connectivity index (χ3n) is 4.14. The quantitative estimate of drug-likeness (QED) is 0.919. The first-order chi connectivity index (χ1) is 10.2. The highest BCUT2D eigenvalue weighted by Gasteiger charge is 2.22. The number of aromatic carboxylic acids is 1. The van der Waals surface area contributed by atoms with Crippen molar-refractivity contribution in [1.29, 1.82) is 0 Å². The van der Waals surface area contributed by atoms with Gasteiger partial charge in [0.15, 0.2) is 5.65 Å². The van der Waals surface area contributed by atoms with E-state index >= 15 is 0 Å². The number of pyridine rings is 1. The molecule has 2 aromatic rings. The molecule has 112 valence electrons. The topological polar surface area (TPSA) is 71.2 Å². The van der Waals surface area contributed by atoms with E-state index in [1.807, 2.05) is 7.05 Å². The fraction of sp³-hybridized carbons (Fsp3) is 0.533. The van der Waals surface area contributed by atoms with E-state index in [2.05, 4.69) is 15.0 Å². The summed E-state index contributed by atoms with van der Waals surface area (Å²) in [4.78, 5) is 18.0. The van der Waals surface area contributed by atoms with Crippen LogP contribution in [0.3, 0.4) is 0 Å². The van der Waals surface area contributed by atoms with Crippen LogP contribution in [0.1, 0.15) is 42.5 Å². The molecule has 2 aromatic heterocycles. The van der Waals surface area contributed by atoms with Crippen LogP contribution in [-0.4, -0.2) is 38.9 Å². The Morgan fingerprint density at radius 1 is 1.14 bits per heavy atom. The minimum absolute atomic E-state index is 0.274. The van der Waals surface area contributed by atoms with Gasteiger partial charge in [-0.05, 0) is 12.8 Å². The first-order valence-corrected chi connectivity index (χ1v) is 7.47. The smallest absolute Gasteiger partial charge is 0.339 e. The number of hydrogen-bond donors (Lipinski definition) is 1. The third-order valence-corrected chi connectivity index (χ3v) is 4.14. The summed E-state index contributed by atoms with van der Waals surface area (Å²) in [5.74, 6) is -0.926. The number of fused-ring (bicyclic) bond motifs is 1. The Morgan fingerprint density at radius 2 is 1.81 bits per heavy atom. The van der Waals surface area contributed by atoms with Gasteiger partial charge in [-0.25, -0.2) is 9.78 Å². The number of nitrogens with zero attached hydrogens (tertiary/aromatic N) is 4. The number of carboxylic acids is 1. The predicted molar refractivity (Wildman–Crippen MR) is 80.8 cm³/mol. The lowest BCUT2D eigenvalue weighted by atomic mass is 10.1. The molecule has 6 heteroatoms. The number of aromatic nitrogens is 3. The highest BCUT2D eigenvalue weighted by molar-refractivity contribution is 6.03. The molecule has 0 aliphatic carbocycles. The van der Waals surface area contributed by atoms with Crippen LogP contribution in [0, 0.1) is 0 Å². The summed E-state index contributed by atoms with van der Waals surface area (Å²) in [7, 11) is 1.83. The van der Waals surface area contributed by atoms with Crippen molar-refractivity contribution < 1.29 is 9.90 Å². The average molecular weight is 288 g/mol. The first-order valence-electron chi connectivity index (χ1n) is 7.47. The SMILES string of the molecule is Cn1ncc2c(N3CCCCCCC3)c(C(=O)O)cnc21. The van der Waals surface area contributed by atoms with Gasteiger partial charge in [0.25, 0.3) is 0 Å². The molecular formula is C15H20N4O2. The van der Waals surface area contributed by atoms with Crippen LogP contribution in [0.25, 0.3) is 11.0 Å². The number of anilines is 1. The van der Waals surface area contributed by atoms with E-state index in [1.54, 1.807) is 10.9 Å². The van der Waals surface area contributed by atoms with Crippen LogP contribution < -0.4 is 4.90 Å². The molecule has 1 fully saturated rings. The van der Waals surface area contributed by atoms with Gasteiger partial charge in [-0.15, -0.1) is 0 Å². The Bertz CT molecular complexity index is 657. The summed E-state index contributed by atoms with van der Waals surface area (Å²) >= 11 is 0. The summed E-state index contributed by atoms with van der Waals surface area (Å²) in [6.07, 6.45) is 9.08. The molecular weight excluding hydrogens is 268 g/mol. The molecule has 6 nitrogen and oxygen atoms in total. The van der Waals surface area contributed by atoms with Crippen molar-refractivity contribution in [3.05, 3.63) is 18.0 Å². The summed E-state index contributed by atoms with van der Waals surface area (Å²) in [6, 6.07) is 0. The number of rotatable bonds is 2. The largest absolute Gasteiger partial charge is 0.478 e. The fourth-order valence-corrected chi connectivity index (χ4v) is 3.05. The summed E-state index contributed by atoms with van der Waals surface area (Å²) < 4.78 is 1.69. The van der Waals surface area contributed by atoms with Crippen LogP contribution in [0.5, 0.6) is 0 Å². The lowest BCUT2D eigenvalue weighted by molar-refractivity contribution is 0.0697. The zero-order chi connectivity index (χ0) is 14.8. The van der Waals surface area contributed by atoms with Crippen LogP contribution in [0.2, 0.25) is 0 Å². The minimum Gasteiger partial charge on any atom is -0.478 e. The van der Waals surface area contributed by atoms with Crippen molar-refractivity contribution >= 4 is 22.7 Å². The Hall–Kier alpha value is -2.11. The molecule has 3 rings (SSSR count). The lowest BCUT2D eigenvalue weighted by Gasteiger charge is -2.28. The van der Waals surface area contributed by atoms with Gasteiger partial charge in [0.2, 0.25) is 0 Å². The Morgan fingerprint density at radius 3 is 2.48 bits per heavy atom. The fourth-order valence-electron chi connectivity index (χ4n) is 3.05. The van der Waals surface area contributed by atoms with E-state index < -0.39 is 5.97 Å². The molecule has 0 bridgehead atoms. The van der Waals surface area contributed by atoms with Crippen LogP contribution in [0.4, 0.5) is 5.69 Å². The molecule has 1 aliphatic heterocycles. The highest BCUT2D eigenvalue weighted by atomic mass is 16.4. The van der Waals surface area contributed by atoms with Crippen molar-refractivity contribution in [2.75, 3.05) is 18.0 Å². The van der Waals surface area contributed by atoms with Crippen molar-refractivity contribution in [3.8, 4) is 0 Å². The number of carbonyl (C=O) groups is 1. The maximum absolute atomic E-state index is 11.6. The van der Waals surface area contributed by atoms with E-state index in [-0.39, 0.29) is 5.56 Å². The lowest BCUT2D eigenvalue weighted by Crippen LogP contribution is -2.29. The number of hydrogen-bond acceptors (Lipinski definition) is 4. The molecule has 0 radical (unpaired) electrons. The Labute approximate surface area is 123 Å². The number of carboxylic acid groups (broad SMARTS) is 1. The predicted octanol–water partition coefficient (Wildman–Crippen LogP) is 2.44. The highest BCUT2D eigenvalue weighted by Crippen LogP contribution is 2.31. The van der Waals surface area contributed by atoms with Gasteiger partial charge in [0.05, 0.1) is 17.3 Å². The monoisotopic (exact) mass is 288 g/mol. The molecule has 0 unspecified atom stereocenters. The van der Waals surface area contributed by atoms with Gasteiger partial charge in [0, 0.05) is 26.3 Å². The molecule has 21 heavy (non-hydrogen) atoms. The zero-order valence-electron chi connectivity index (χ0n) is 12.2. The van der Waals surface area contributed by atoms with Gasteiger partial charge in [-0.3, -0.25) is 4.68 Å². The second-order valence-corrected chi connectivity index (χ2v) is 5.59. The molecule has 3 heterocycles. The maximum Gasteiger partial charge on any atom is 0.339 e. The van der Waals surface area contributed by atoms with Gasteiger partial charge in [0.1, 0.15) is 5.56 Å². The van der Waals surface area contributed by atoms with Crippen molar-refractivity contribution in [1.82, 2.24) is 14.8 Å². The average Bonchev–Trinajstić information content (AvgIpc) is 2.80. The van der Waals surface area contributed by atoms with E-state index in [4.69, 9.17) is 0 Å². The molecule has 1 N–H and O–H groups in total. The first kappa shape index (κ1) is 13.9. The molecule has 0 spiro atoms. The van der Waals surface area contributed by atoms with Crippen LogP contribution >= 0.6 is 0 Å². The van der Waals surface area contributed by atoms with Gasteiger partial charge in [-0.2, -0.15) is 5.10 Å². The van der Waals surface area contributed by atoms with Gasteiger partial charge in [-0.1, -0.05) is 19.3 Å². The zero-order valence-corrected chi connectivity index (χ0v) is 12.2. The number of aryl methyl sites for hydroxylation is 1. The van der Waals surface area contributed by atoms with Gasteiger partial charge < -0.3 is 10.0 Å². The molecule has 1 aliphatic rings. The van der Waals surface area contributed by atoms with Gasteiger partial charge >= 0.3 is 5.97 Å². The van der Waals surface area contributed by atoms with Crippen LogP contribution in [0.15, 0.2) is 12.4 Å². The standard InChI is InChI=1S/C15H20N4O2/c1-18-14-11(10-17-18)13(12(9-16-14)15(20)21)19-7-5-3-2-4-6-8-19/h9-10H,2-8H2,1H3,(H,20,21).